The molecule has 1 rings (SSSR count). The molecule has 0 fully saturated rings. The highest BCUT2D eigenvalue weighted by Gasteiger charge is 2.12. The number of aromatic nitrogens is 2. The fourth-order valence-corrected chi connectivity index (χ4v) is 1.33. The largest absolute Gasteiger partial charge is 0.394 e. The highest BCUT2D eigenvalue weighted by molar-refractivity contribution is 5.52. The molecule has 1 atom stereocenters. The Kier molecular flexibility index (Phi) is 4.96. The number of nitrogens with zero attached hydrogens (tertiary/aromatic N) is 3. The van der Waals surface area contributed by atoms with Crippen LogP contribution in [-0.4, -0.2) is 41.3 Å². The molecular weight excluding hydrogens is 218 g/mol. The van der Waals surface area contributed by atoms with Crippen molar-refractivity contribution >= 4 is 17.6 Å². The molecule has 17 heavy (non-hydrogen) atoms. The number of hydrogen-bond donors (Lipinski definition) is 3. The summed E-state index contributed by atoms with van der Waals surface area (Å²) in [5.41, 5.74) is 5.66. The lowest BCUT2D eigenvalue weighted by molar-refractivity contribution is 0.270. The minimum absolute atomic E-state index is 0.0108. The van der Waals surface area contributed by atoms with Crippen molar-refractivity contribution in [1.82, 2.24) is 9.97 Å². The quantitative estimate of drug-likeness (QED) is 0.677. The van der Waals surface area contributed by atoms with Crippen LogP contribution in [0.2, 0.25) is 0 Å². The summed E-state index contributed by atoms with van der Waals surface area (Å²) in [6.07, 6.45) is 1.02. The summed E-state index contributed by atoms with van der Waals surface area (Å²) in [6.45, 7) is 4.91. The van der Waals surface area contributed by atoms with Gasteiger partial charge in [0, 0.05) is 19.7 Å². The lowest BCUT2D eigenvalue weighted by Crippen LogP contribution is -2.32. The van der Waals surface area contributed by atoms with Gasteiger partial charge in [0.1, 0.15) is 11.6 Å². The molecule has 0 spiro atoms. The van der Waals surface area contributed by atoms with Gasteiger partial charge in [0.2, 0.25) is 5.95 Å². The second-order valence-corrected chi connectivity index (χ2v) is 4.04. The molecule has 0 amide bonds. The van der Waals surface area contributed by atoms with Crippen LogP contribution in [0.3, 0.4) is 0 Å². The van der Waals surface area contributed by atoms with Crippen LogP contribution in [0.1, 0.15) is 20.3 Å². The molecule has 0 aliphatic rings. The zero-order valence-electron chi connectivity index (χ0n) is 10.6. The summed E-state index contributed by atoms with van der Waals surface area (Å²) in [4.78, 5) is 10.1. The third-order valence-corrected chi connectivity index (χ3v) is 2.57. The highest BCUT2D eigenvalue weighted by atomic mass is 16.3. The number of aliphatic hydroxyl groups is 1. The van der Waals surface area contributed by atoms with Gasteiger partial charge in [-0.3, -0.25) is 0 Å². The first-order chi connectivity index (χ1) is 8.08. The number of nitrogens with two attached hydrogens (primary N) is 1. The van der Waals surface area contributed by atoms with Crippen LogP contribution in [-0.2, 0) is 0 Å². The van der Waals surface area contributed by atoms with Crippen LogP contribution in [0.5, 0.6) is 0 Å². The van der Waals surface area contributed by atoms with Crippen LogP contribution in [0.4, 0.5) is 17.6 Å². The van der Waals surface area contributed by atoms with E-state index in [4.69, 9.17) is 10.8 Å². The maximum atomic E-state index is 9.11. The average Bonchev–Trinajstić information content (AvgIpc) is 2.33. The maximum Gasteiger partial charge on any atom is 0.223 e. The van der Waals surface area contributed by atoms with E-state index in [2.05, 4.69) is 22.2 Å². The van der Waals surface area contributed by atoms with Crippen LogP contribution in [0, 0.1) is 0 Å². The van der Waals surface area contributed by atoms with Crippen molar-refractivity contribution in [3.8, 4) is 0 Å². The summed E-state index contributed by atoms with van der Waals surface area (Å²) in [5, 5.41) is 12.3. The van der Waals surface area contributed by atoms with Crippen molar-refractivity contribution in [2.24, 2.45) is 0 Å². The fourth-order valence-electron chi connectivity index (χ4n) is 1.33. The number of anilines is 3. The van der Waals surface area contributed by atoms with E-state index >= 15 is 0 Å². The van der Waals surface area contributed by atoms with Gasteiger partial charge in [0.25, 0.3) is 0 Å². The van der Waals surface area contributed by atoms with Gasteiger partial charge in [-0.05, 0) is 13.3 Å². The molecule has 4 N–H and O–H groups in total. The number of hydrogen-bond acceptors (Lipinski definition) is 6. The van der Waals surface area contributed by atoms with Gasteiger partial charge in [-0.15, -0.1) is 0 Å². The number of aliphatic hydroxyl groups excluding tert-OH is 1. The number of rotatable bonds is 6. The number of nitrogens with one attached hydrogen (secondary N) is 1. The first-order valence-corrected chi connectivity index (χ1v) is 5.80. The van der Waals surface area contributed by atoms with Crippen LogP contribution in [0.25, 0.3) is 0 Å². The fraction of sp³-hybridized carbons (Fsp3) is 0.636. The molecule has 0 saturated heterocycles. The third-order valence-electron chi connectivity index (χ3n) is 2.57. The zero-order valence-corrected chi connectivity index (χ0v) is 10.6. The van der Waals surface area contributed by atoms with Crippen molar-refractivity contribution in [3.05, 3.63) is 6.07 Å². The average molecular weight is 239 g/mol. The summed E-state index contributed by atoms with van der Waals surface area (Å²) >= 11 is 0. The van der Waals surface area contributed by atoms with E-state index in [1.165, 1.54) is 0 Å². The zero-order chi connectivity index (χ0) is 12.8. The van der Waals surface area contributed by atoms with E-state index in [0.717, 1.165) is 13.0 Å². The molecule has 1 unspecified atom stereocenters. The lowest BCUT2D eigenvalue weighted by Gasteiger charge is -2.24. The predicted octanol–water partition coefficient (Wildman–Crippen LogP) is 0.698. The molecule has 1 aromatic rings. The Balaban J connectivity index is 2.88. The van der Waals surface area contributed by atoms with Gasteiger partial charge in [-0.2, -0.15) is 9.97 Å². The monoisotopic (exact) mass is 239 g/mol. The summed E-state index contributed by atoms with van der Waals surface area (Å²) in [5.74, 6) is 1.65. The molecule has 6 nitrogen and oxygen atoms in total. The van der Waals surface area contributed by atoms with E-state index in [9.17, 15) is 0 Å². The van der Waals surface area contributed by atoms with E-state index in [0.29, 0.717) is 11.6 Å². The van der Waals surface area contributed by atoms with Crippen LogP contribution >= 0.6 is 0 Å². The molecule has 0 aromatic carbocycles. The molecule has 0 bridgehead atoms. The molecule has 1 aromatic heterocycles. The van der Waals surface area contributed by atoms with E-state index in [-0.39, 0.29) is 18.6 Å². The van der Waals surface area contributed by atoms with E-state index in [1.54, 1.807) is 0 Å². The SMILES string of the molecule is CCCNc1cc(N(C)C(C)CO)nc(N)n1. The first kappa shape index (κ1) is 13.5. The number of likely N-dealkylation sites (N-methyl/N-ethyl adjacent to an activating group) is 1. The smallest absolute Gasteiger partial charge is 0.223 e. The van der Waals surface area contributed by atoms with Crippen LogP contribution in [0.15, 0.2) is 6.07 Å². The minimum Gasteiger partial charge on any atom is -0.394 e. The topological polar surface area (TPSA) is 87.3 Å². The van der Waals surface area contributed by atoms with Gasteiger partial charge in [0.15, 0.2) is 0 Å². The normalized spacial score (nSPS) is 12.2. The van der Waals surface area contributed by atoms with Gasteiger partial charge in [-0.1, -0.05) is 6.92 Å². The van der Waals surface area contributed by atoms with Gasteiger partial charge < -0.3 is 21.1 Å². The Morgan fingerprint density at radius 2 is 2.24 bits per heavy atom. The molecule has 6 heteroatoms. The summed E-state index contributed by atoms with van der Waals surface area (Å²) in [7, 11) is 1.87. The molecular formula is C11H21N5O. The molecule has 0 saturated carbocycles. The second-order valence-electron chi connectivity index (χ2n) is 4.04. The molecule has 1 heterocycles. The van der Waals surface area contributed by atoms with Crippen molar-refractivity contribution in [2.75, 3.05) is 36.1 Å². The van der Waals surface area contributed by atoms with Gasteiger partial charge >= 0.3 is 0 Å². The molecule has 0 aliphatic carbocycles. The second kappa shape index (κ2) is 6.24. The highest BCUT2D eigenvalue weighted by Crippen LogP contribution is 2.17. The standard InChI is InChI=1S/C11H21N5O/c1-4-5-13-9-6-10(15-11(12)14-9)16(3)8(2)7-17/h6,8,17H,4-5,7H2,1-3H3,(H3,12,13,14,15). The molecule has 0 aliphatic heterocycles. The summed E-state index contributed by atoms with van der Waals surface area (Å²) in [6, 6.07) is 1.82. The maximum absolute atomic E-state index is 9.11. The van der Waals surface area contributed by atoms with Crippen molar-refractivity contribution in [1.29, 1.82) is 0 Å². The minimum atomic E-state index is -0.0108. The lowest BCUT2D eigenvalue weighted by atomic mass is 10.3. The number of nitrogen functional groups attached to an aromatic ring is 1. The Hall–Kier alpha value is -1.56. The van der Waals surface area contributed by atoms with E-state index < -0.39 is 0 Å². The first-order valence-electron chi connectivity index (χ1n) is 5.80. The Bertz CT molecular complexity index is 358. The Morgan fingerprint density at radius 1 is 1.53 bits per heavy atom. The van der Waals surface area contributed by atoms with Crippen molar-refractivity contribution in [3.63, 3.8) is 0 Å². The van der Waals surface area contributed by atoms with Gasteiger partial charge in [0.05, 0.1) is 12.6 Å². The third kappa shape index (κ3) is 3.74. The predicted molar refractivity (Wildman–Crippen MR) is 70.2 cm³/mol. The van der Waals surface area contributed by atoms with Gasteiger partial charge in [-0.25, -0.2) is 0 Å². The molecule has 96 valence electrons. The van der Waals surface area contributed by atoms with Crippen molar-refractivity contribution in [2.45, 2.75) is 26.3 Å². The van der Waals surface area contributed by atoms with Crippen molar-refractivity contribution < 1.29 is 5.11 Å². The Labute approximate surface area is 102 Å². The van der Waals surface area contributed by atoms with E-state index in [1.807, 2.05) is 24.9 Å². The molecule has 0 radical (unpaired) electrons. The Morgan fingerprint density at radius 3 is 2.82 bits per heavy atom. The summed E-state index contributed by atoms with van der Waals surface area (Å²) < 4.78 is 0. The van der Waals surface area contributed by atoms with Crippen LogP contribution < -0.4 is 16.0 Å².